The van der Waals surface area contributed by atoms with Gasteiger partial charge in [-0.25, -0.2) is 4.79 Å². The van der Waals surface area contributed by atoms with Gasteiger partial charge in [0.2, 0.25) is 0 Å². The number of hydrogen-bond donors (Lipinski definition) is 1. The molecule has 1 fully saturated rings. The van der Waals surface area contributed by atoms with E-state index >= 15 is 0 Å². The molecule has 36 heavy (non-hydrogen) atoms. The number of likely N-dealkylation sites (tertiary alicyclic amines) is 1. The molecular formula is C30H43N3O3. The van der Waals surface area contributed by atoms with Crippen LogP contribution < -0.4 is 10.2 Å². The normalized spacial score (nSPS) is 14.4. The topological polar surface area (TPSA) is 61.9 Å². The van der Waals surface area contributed by atoms with E-state index in [1.54, 1.807) is 11.9 Å². The monoisotopic (exact) mass is 493 g/mol. The zero-order chi connectivity index (χ0) is 25.8. The van der Waals surface area contributed by atoms with Crippen molar-refractivity contribution in [1.29, 1.82) is 0 Å². The smallest absolute Gasteiger partial charge is 0.321 e. The van der Waals surface area contributed by atoms with Crippen LogP contribution in [0, 0.1) is 0 Å². The fraction of sp³-hybridized carbons (Fsp3) is 0.533. The average molecular weight is 494 g/mol. The van der Waals surface area contributed by atoms with Crippen molar-refractivity contribution in [3.05, 3.63) is 54.1 Å². The first-order chi connectivity index (χ1) is 17.5. The largest absolute Gasteiger partial charge is 0.368 e. The highest BCUT2D eigenvalue weighted by Gasteiger charge is 2.26. The molecule has 0 aliphatic carbocycles. The molecule has 1 saturated heterocycles. The van der Waals surface area contributed by atoms with E-state index in [1.165, 1.54) is 6.42 Å². The Kier molecular flexibility index (Phi) is 11.3. The fourth-order valence-electron chi connectivity index (χ4n) is 4.54. The minimum Gasteiger partial charge on any atom is -0.368 e. The lowest BCUT2D eigenvalue weighted by Gasteiger charge is -2.30. The van der Waals surface area contributed by atoms with Crippen LogP contribution in [0.15, 0.2) is 48.5 Å². The molecule has 3 rings (SSSR count). The third-order valence-corrected chi connectivity index (χ3v) is 6.77. The molecule has 196 valence electrons. The molecule has 0 saturated carbocycles. The summed E-state index contributed by atoms with van der Waals surface area (Å²) >= 11 is 0. The van der Waals surface area contributed by atoms with Crippen molar-refractivity contribution < 1.29 is 14.3 Å². The van der Waals surface area contributed by atoms with Crippen LogP contribution in [0.3, 0.4) is 0 Å². The lowest BCUT2D eigenvalue weighted by molar-refractivity contribution is -0.144. The Labute approximate surface area is 217 Å². The van der Waals surface area contributed by atoms with Gasteiger partial charge in [0.15, 0.2) is 0 Å². The molecule has 1 heterocycles. The molecule has 1 aliphatic rings. The van der Waals surface area contributed by atoms with Gasteiger partial charge in [-0.3, -0.25) is 9.69 Å². The summed E-state index contributed by atoms with van der Waals surface area (Å²) in [6.07, 6.45) is 7.65. The number of hydrogen-bond acceptors (Lipinski definition) is 3. The maximum absolute atomic E-state index is 13.1. The van der Waals surface area contributed by atoms with E-state index in [2.05, 4.69) is 49.5 Å². The zero-order valence-electron chi connectivity index (χ0n) is 22.3. The minimum absolute atomic E-state index is 0.0879. The van der Waals surface area contributed by atoms with Gasteiger partial charge in [-0.1, -0.05) is 63.1 Å². The Morgan fingerprint density at radius 1 is 0.972 bits per heavy atom. The number of benzene rings is 2. The van der Waals surface area contributed by atoms with E-state index in [1.807, 2.05) is 23.1 Å². The number of carbonyl (C=O) groups excluding carboxylic acids is 2. The molecular weight excluding hydrogens is 450 g/mol. The SMILES string of the molecule is CCCCCNC(=O)N(C)c1cccc(-c2ccc(CC(OCCC)C(=O)N3CCCCC3)cc2)c1. The number of ether oxygens (including phenoxy) is 1. The van der Waals surface area contributed by atoms with Crippen LogP contribution in [-0.4, -0.2) is 56.2 Å². The van der Waals surface area contributed by atoms with E-state index < -0.39 is 6.10 Å². The molecule has 6 nitrogen and oxygen atoms in total. The number of carbonyl (C=O) groups is 2. The van der Waals surface area contributed by atoms with Gasteiger partial charge >= 0.3 is 6.03 Å². The van der Waals surface area contributed by atoms with Gasteiger partial charge in [-0.2, -0.15) is 0 Å². The molecule has 0 bridgehead atoms. The second kappa shape index (κ2) is 14.6. The predicted molar refractivity (Wildman–Crippen MR) is 147 cm³/mol. The van der Waals surface area contributed by atoms with Crippen LogP contribution >= 0.6 is 0 Å². The quantitative estimate of drug-likeness (QED) is 0.367. The number of amides is 3. The van der Waals surface area contributed by atoms with Gasteiger partial charge in [0.1, 0.15) is 6.10 Å². The molecule has 1 unspecified atom stereocenters. The number of unbranched alkanes of at least 4 members (excludes halogenated alkanes) is 2. The van der Waals surface area contributed by atoms with Crippen LogP contribution in [0.25, 0.3) is 11.1 Å². The highest BCUT2D eigenvalue weighted by molar-refractivity contribution is 5.92. The molecule has 0 aromatic heterocycles. The number of nitrogens with zero attached hydrogens (tertiary/aromatic N) is 2. The highest BCUT2D eigenvalue weighted by Crippen LogP contribution is 2.25. The maximum Gasteiger partial charge on any atom is 0.321 e. The number of anilines is 1. The van der Waals surface area contributed by atoms with E-state index in [0.29, 0.717) is 19.6 Å². The van der Waals surface area contributed by atoms with Crippen molar-refractivity contribution in [2.75, 3.05) is 38.2 Å². The predicted octanol–water partition coefficient (Wildman–Crippen LogP) is 6.04. The number of nitrogens with one attached hydrogen (secondary N) is 1. The van der Waals surface area contributed by atoms with Crippen molar-refractivity contribution in [2.24, 2.45) is 0 Å². The molecule has 1 aliphatic heterocycles. The molecule has 0 radical (unpaired) electrons. The molecule has 6 heteroatoms. The van der Waals surface area contributed by atoms with Crippen LogP contribution in [0.4, 0.5) is 10.5 Å². The molecule has 1 N–H and O–H groups in total. The van der Waals surface area contributed by atoms with Gasteiger partial charge in [-0.15, -0.1) is 0 Å². The first-order valence-corrected chi connectivity index (χ1v) is 13.6. The Balaban J connectivity index is 1.65. The number of rotatable bonds is 12. The standard InChI is InChI=1S/C30H43N3O3/c1-4-6-8-18-31-30(35)32(3)27-13-11-12-26(23-27)25-16-14-24(15-17-25)22-28(36-21-5-2)29(34)33-19-9-7-10-20-33/h11-17,23,28H,4-10,18-22H2,1-3H3,(H,31,35). The van der Waals surface area contributed by atoms with Crippen molar-refractivity contribution in [3.8, 4) is 11.1 Å². The van der Waals surface area contributed by atoms with E-state index in [0.717, 1.165) is 74.0 Å². The van der Waals surface area contributed by atoms with Crippen molar-refractivity contribution in [3.63, 3.8) is 0 Å². The Morgan fingerprint density at radius 2 is 1.72 bits per heavy atom. The summed E-state index contributed by atoms with van der Waals surface area (Å²) in [7, 11) is 1.80. The minimum atomic E-state index is -0.429. The number of piperidine rings is 1. The van der Waals surface area contributed by atoms with Crippen LogP contribution in [0.5, 0.6) is 0 Å². The van der Waals surface area contributed by atoms with E-state index in [9.17, 15) is 9.59 Å². The summed E-state index contributed by atoms with van der Waals surface area (Å²) in [6.45, 7) is 7.19. The van der Waals surface area contributed by atoms with Crippen LogP contribution in [0.1, 0.15) is 64.4 Å². The Bertz CT molecular complexity index is 954. The number of urea groups is 1. The summed E-state index contributed by atoms with van der Waals surface area (Å²) in [6, 6.07) is 16.3. The zero-order valence-corrected chi connectivity index (χ0v) is 22.3. The van der Waals surface area contributed by atoms with E-state index in [-0.39, 0.29) is 11.9 Å². The second-order valence-corrected chi connectivity index (χ2v) is 9.69. The first kappa shape index (κ1) is 27.7. The molecule has 1 atom stereocenters. The second-order valence-electron chi connectivity index (χ2n) is 9.69. The van der Waals surface area contributed by atoms with E-state index in [4.69, 9.17) is 4.74 Å². The van der Waals surface area contributed by atoms with Crippen molar-refractivity contribution in [1.82, 2.24) is 10.2 Å². The average Bonchev–Trinajstić information content (AvgIpc) is 2.93. The summed E-state index contributed by atoms with van der Waals surface area (Å²) in [4.78, 5) is 29.3. The third-order valence-electron chi connectivity index (χ3n) is 6.77. The first-order valence-electron chi connectivity index (χ1n) is 13.6. The molecule has 0 spiro atoms. The van der Waals surface area contributed by atoms with Gasteiger partial charge in [-0.05, 0) is 60.9 Å². The third kappa shape index (κ3) is 8.09. The summed E-state index contributed by atoms with van der Waals surface area (Å²) < 4.78 is 6.00. The highest BCUT2D eigenvalue weighted by atomic mass is 16.5. The molecule has 3 amide bonds. The molecule has 2 aromatic carbocycles. The maximum atomic E-state index is 13.1. The van der Waals surface area contributed by atoms with Crippen LogP contribution in [0.2, 0.25) is 0 Å². The van der Waals surface area contributed by atoms with Gasteiger partial charge in [0.05, 0.1) is 0 Å². The van der Waals surface area contributed by atoms with Gasteiger partial charge in [0, 0.05) is 45.4 Å². The van der Waals surface area contributed by atoms with Crippen molar-refractivity contribution in [2.45, 2.75) is 71.3 Å². The molecule has 2 aromatic rings. The fourth-order valence-corrected chi connectivity index (χ4v) is 4.54. The lowest BCUT2D eigenvalue weighted by Crippen LogP contribution is -2.44. The Morgan fingerprint density at radius 3 is 2.42 bits per heavy atom. The van der Waals surface area contributed by atoms with Crippen LogP contribution in [-0.2, 0) is 16.0 Å². The Hall–Kier alpha value is -2.86. The lowest BCUT2D eigenvalue weighted by atomic mass is 10.00. The van der Waals surface area contributed by atoms with Gasteiger partial charge < -0.3 is 15.0 Å². The summed E-state index contributed by atoms with van der Waals surface area (Å²) in [5.41, 5.74) is 4.06. The summed E-state index contributed by atoms with van der Waals surface area (Å²) in [5, 5.41) is 2.99. The van der Waals surface area contributed by atoms with Gasteiger partial charge in [0.25, 0.3) is 5.91 Å². The summed E-state index contributed by atoms with van der Waals surface area (Å²) in [5.74, 6) is 0.121. The van der Waals surface area contributed by atoms with Crippen molar-refractivity contribution >= 4 is 17.6 Å².